The summed E-state index contributed by atoms with van der Waals surface area (Å²) < 4.78 is 54.5. The lowest BCUT2D eigenvalue weighted by molar-refractivity contribution is -0.150. The van der Waals surface area contributed by atoms with Crippen molar-refractivity contribution in [3.8, 4) is 0 Å². The van der Waals surface area contributed by atoms with Gasteiger partial charge < -0.3 is 94.6 Å². The molecule has 628 valence electrons. The first kappa shape index (κ1) is 101. The zero-order valence-electron chi connectivity index (χ0n) is 66.8. The maximum atomic E-state index is 11.8. The summed E-state index contributed by atoms with van der Waals surface area (Å²) in [4.78, 5) is 131. The first-order valence-electron chi connectivity index (χ1n) is 39.2. The minimum Gasteiger partial charge on any atom is -0.466 e. The summed E-state index contributed by atoms with van der Waals surface area (Å²) >= 11 is 0. The molecule has 8 amide bonds. The van der Waals surface area contributed by atoms with Gasteiger partial charge in [0, 0.05) is 90.4 Å². The molecule has 0 unspecified atom stereocenters. The predicted molar refractivity (Wildman–Crippen MR) is 426 cm³/mol. The summed E-state index contributed by atoms with van der Waals surface area (Å²) in [5.41, 5.74) is 3.86. The quantitative estimate of drug-likeness (QED) is 0.0132. The van der Waals surface area contributed by atoms with Crippen molar-refractivity contribution in [3.05, 3.63) is 70.8 Å². The molecule has 2 rings (SSSR count). The molecule has 0 atom stereocenters. The number of benzene rings is 2. The monoisotopic (exact) mass is 1570 g/mol. The normalized spacial score (nSPS) is 10.7. The lowest BCUT2D eigenvalue weighted by Gasteiger charge is -2.08. The van der Waals surface area contributed by atoms with Gasteiger partial charge in [0.2, 0.25) is 0 Å². The Balaban J connectivity index is 0.00000171. The predicted octanol–water partition coefficient (Wildman–Crippen LogP) is 11.6. The zero-order valence-corrected chi connectivity index (χ0v) is 66.8. The summed E-state index contributed by atoms with van der Waals surface area (Å²) in [6.45, 7) is 17.3. The largest absolute Gasteiger partial charge is 0.466 e. The van der Waals surface area contributed by atoms with E-state index in [1.54, 1.807) is 25.6 Å². The van der Waals surface area contributed by atoms with Crippen LogP contribution in [-0.2, 0) is 61.7 Å². The molecule has 33 nitrogen and oxygen atoms in total. The van der Waals surface area contributed by atoms with Crippen molar-refractivity contribution < 1.29 is 100 Å². The minimum absolute atomic E-state index is 0.00737. The fourth-order valence-corrected chi connectivity index (χ4v) is 9.02. The first-order chi connectivity index (χ1) is 54.1. The Morgan fingerprint density at radius 3 is 0.838 bits per heavy atom. The summed E-state index contributed by atoms with van der Waals surface area (Å²) in [6, 6.07) is 15.5. The topological polar surface area (TPSA) is 418 Å². The molecule has 0 aliphatic carbocycles. The van der Waals surface area contributed by atoms with Gasteiger partial charge in [-0.3, -0.25) is 29.6 Å². The SMILES string of the molecule is CCCCCOC(=O)CCC(=O)OCCCCOC(=O)NCCCCCCNC(=O)OCC.CCCOCCOC(=O)NCCCCCCNC(=O)OCCN=Cc1ccc(C=NCCOC(=O)NCCCCCCNC(=O)OC)cc1.CCN=Cc1ccc(C=NCCOC(=O)NCCCCCCNC(=O)OC)cc1. The van der Waals surface area contributed by atoms with Gasteiger partial charge in [-0.05, 0) is 113 Å². The number of unbranched alkanes of at least 4 members (excludes halogenated alkanes) is 15. The molecule has 0 saturated heterocycles. The average Bonchev–Trinajstić information content (AvgIpc) is 0.919. The van der Waals surface area contributed by atoms with E-state index >= 15 is 0 Å². The summed E-state index contributed by atoms with van der Waals surface area (Å²) in [6.07, 6.45) is 22.9. The minimum atomic E-state index is -0.466. The van der Waals surface area contributed by atoms with Gasteiger partial charge in [0.05, 0.1) is 79.7 Å². The molecule has 0 aliphatic rings. The summed E-state index contributed by atoms with van der Waals surface area (Å²) in [7, 11) is 2.68. The third-order valence-corrected chi connectivity index (χ3v) is 15.0. The van der Waals surface area contributed by atoms with E-state index in [4.69, 9.17) is 42.6 Å². The fourth-order valence-electron chi connectivity index (χ4n) is 9.02. The van der Waals surface area contributed by atoms with Crippen LogP contribution >= 0.6 is 0 Å². The van der Waals surface area contributed by atoms with Gasteiger partial charge in [-0.1, -0.05) is 127 Å². The molecule has 111 heavy (non-hydrogen) atoms. The Labute approximate surface area is 656 Å². The van der Waals surface area contributed by atoms with Gasteiger partial charge in [-0.15, -0.1) is 0 Å². The number of amides is 8. The second kappa shape index (κ2) is 76.9. The van der Waals surface area contributed by atoms with Gasteiger partial charge in [0.1, 0.15) is 26.4 Å². The van der Waals surface area contributed by atoms with Crippen LogP contribution in [0.2, 0.25) is 0 Å². The number of hydrogen-bond donors (Lipinski definition) is 8. The fraction of sp³-hybridized carbons (Fsp3) is 0.667. The molecule has 0 aromatic heterocycles. The lowest BCUT2D eigenvalue weighted by atomic mass is 10.1. The zero-order chi connectivity index (χ0) is 81.4. The van der Waals surface area contributed by atoms with E-state index in [-0.39, 0.29) is 58.5 Å². The third kappa shape index (κ3) is 71.5. The number of hydrogen-bond acceptors (Lipinski definition) is 25. The summed E-state index contributed by atoms with van der Waals surface area (Å²) in [5, 5.41) is 21.5. The van der Waals surface area contributed by atoms with Crippen molar-refractivity contribution in [3.63, 3.8) is 0 Å². The number of aliphatic imine (C=N–C) groups is 4. The van der Waals surface area contributed by atoms with Crippen LogP contribution in [0.1, 0.15) is 204 Å². The van der Waals surface area contributed by atoms with Gasteiger partial charge in [-0.25, -0.2) is 38.4 Å². The van der Waals surface area contributed by atoms with Crippen LogP contribution in [0.5, 0.6) is 0 Å². The van der Waals surface area contributed by atoms with E-state index in [0.717, 1.165) is 157 Å². The number of carbonyl (C=O) groups is 10. The highest BCUT2D eigenvalue weighted by Gasteiger charge is 2.11. The van der Waals surface area contributed by atoms with Crippen molar-refractivity contribution >= 4 is 85.5 Å². The van der Waals surface area contributed by atoms with Gasteiger partial charge in [-0.2, -0.15) is 0 Å². The van der Waals surface area contributed by atoms with E-state index < -0.39 is 54.7 Å². The maximum absolute atomic E-state index is 11.8. The molecule has 0 aliphatic heterocycles. The van der Waals surface area contributed by atoms with Crippen LogP contribution in [0, 0.1) is 0 Å². The number of rotatable bonds is 60. The van der Waals surface area contributed by atoms with Crippen molar-refractivity contribution in [1.82, 2.24) is 42.5 Å². The number of nitrogens with zero attached hydrogens (tertiary/aromatic N) is 4. The number of methoxy groups -OCH3 is 2. The Hall–Kier alpha value is -9.82. The first-order valence-corrected chi connectivity index (χ1v) is 39.2. The molecule has 33 heteroatoms. The number of carbonyl (C=O) groups excluding carboxylic acids is 10. The van der Waals surface area contributed by atoms with Gasteiger partial charge in [0.25, 0.3) is 0 Å². The third-order valence-electron chi connectivity index (χ3n) is 15.0. The van der Waals surface area contributed by atoms with E-state index in [1.807, 2.05) is 68.6 Å². The highest BCUT2D eigenvalue weighted by Crippen LogP contribution is 2.07. The second-order valence-corrected chi connectivity index (χ2v) is 24.5. The Bertz CT molecular complexity index is 2860. The van der Waals surface area contributed by atoms with Gasteiger partial charge in [0.15, 0.2) is 0 Å². The molecule has 0 bridgehead atoms. The Kier molecular flexibility index (Phi) is 70.1. The molecule has 0 saturated carbocycles. The van der Waals surface area contributed by atoms with Crippen LogP contribution in [-0.4, -0.2) is 244 Å². The standard InChI is InChI=1S/C34H56N6O9.C23H42N2O8.C21H32N4O4/c1-3-22-46-25-26-49-34(44)40-19-11-7-6-10-18-39-33(43)48-24-21-36-28-30-14-12-29(13-15-30)27-35-20-23-47-32(42)38-17-9-5-4-8-16-37-31(41)45-2;1-3-5-10-17-31-20(26)13-14-21(27)32-18-11-12-19-33-23(29)25-16-9-7-6-8-15-24-22(28)30-4-2;1-3-22-16-18-8-10-19(11-9-18)17-23-14-15-29-21(27)25-13-7-5-4-6-12-24-20(26)28-2/h12-15,27-28H,3-11,16-26H2,1-2H3,(H,37,41)(H,38,42)(H,39,43)(H,40,44);3-19H2,1-2H3,(H,24,28)(H,25,29);8-11,16-17H,3-7,12-15H2,1-2H3,(H,24,26)(H,25,27). The van der Waals surface area contributed by atoms with Crippen LogP contribution in [0.3, 0.4) is 0 Å². The van der Waals surface area contributed by atoms with Crippen LogP contribution in [0.15, 0.2) is 68.5 Å². The van der Waals surface area contributed by atoms with E-state index in [2.05, 4.69) is 78.9 Å². The van der Waals surface area contributed by atoms with E-state index in [0.29, 0.717) is 111 Å². The van der Waals surface area contributed by atoms with Crippen LogP contribution < -0.4 is 42.5 Å². The van der Waals surface area contributed by atoms with Crippen LogP contribution in [0.4, 0.5) is 38.4 Å². The molecule has 2 aromatic rings. The number of alkyl carbamates (subject to hydrolysis) is 8. The Morgan fingerprint density at radius 1 is 0.279 bits per heavy atom. The number of ether oxygens (including phenoxy) is 11. The molecular formula is C78H130N12O21. The molecule has 8 N–H and O–H groups in total. The Morgan fingerprint density at radius 2 is 0.550 bits per heavy atom. The molecule has 0 radical (unpaired) electrons. The van der Waals surface area contributed by atoms with Crippen molar-refractivity contribution in [2.45, 2.75) is 182 Å². The molecule has 0 heterocycles. The summed E-state index contributed by atoms with van der Waals surface area (Å²) in [5.74, 6) is -0.815. The molecule has 0 spiro atoms. The maximum Gasteiger partial charge on any atom is 0.407 e. The number of esters is 2. The smallest absolute Gasteiger partial charge is 0.407 e. The van der Waals surface area contributed by atoms with Crippen molar-refractivity contribution in [2.24, 2.45) is 20.0 Å². The number of nitrogens with one attached hydrogen (secondary N) is 8. The average molecular weight is 1570 g/mol. The lowest BCUT2D eigenvalue weighted by Crippen LogP contribution is -2.27. The van der Waals surface area contributed by atoms with Crippen molar-refractivity contribution in [2.75, 3.05) is 159 Å². The van der Waals surface area contributed by atoms with E-state index in [9.17, 15) is 47.9 Å². The van der Waals surface area contributed by atoms with E-state index in [1.165, 1.54) is 14.2 Å². The van der Waals surface area contributed by atoms with Crippen molar-refractivity contribution in [1.29, 1.82) is 0 Å². The highest BCUT2D eigenvalue weighted by atomic mass is 16.6. The molecule has 0 fully saturated rings. The van der Waals surface area contributed by atoms with Crippen LogP contribution in [0.25, 0.3) is 0 Å². The second-order valence-electron chi connectivity index (χ2n) is 24.5. The molecule has 2 aromatic carbocycles. The highest BCUT2D eigenvalue weighted by molar-refractivity contribution is 5.85. The van der Waals surface area contributed by atoms with Gasteiger partial charge >= 0.3 is 60.7 Å². The molecular weight excluding hydrogens is 1440 g/mol.